The third-order valence-corrected chi connectivity index (χ3v) is 3.10. The molecule has 18 heavy (non-hydrogen) atoms. The fraction of sp³-hybridized carbons (Fsp3) is 0.600. The Bertz CT molecular complexity index is 403. The third-order valence-electron chi connectivity index (χ3n) is 3.10. The number of hydrogen-bond donors (Lipinski definition) is 1. The lowest BCUT2D eigenvalue weighted by Gasteiger charge is -2.32. The molecule has 1 aromatic carbocycles. The number of nitrogens with one attached hydrogen (secondary N) is 1. The van der Waals surface area contributed by atoms with E-state index in [1.807, 2.05) is 19.1 Å². The summed E-state index contributed by atoms with van der Waals surface area (Å²) in [7, 11) is 0. The van der Waals surface area contributed by atoms with Crippen LogP contribution in [-0.4, -0.2) is 18.8 Å². The van der Waals surface area contributed by atoms with Gasteiger partial charge in [0.05, 0.1) is 12.7 Å². The Hall–Kier alpha value is -1.22. The van der Waals surface area contributed by atoms with E-state index in [0.29, 0.717) is 18.7 Å². The van der Waals surface area contributed by atoms with E-state index < -0.39 is 0 Å². The number of hydrogen-bond acceptors (Lipinski definition) is 3. The predicted molar refractivity (Wildman–Crippen MR) is 73.3 cm³/mol. The number of ether oxygens (including phenoxy) is 2. The molecule has 0 aromatic heterocycles. The van der Waals surface area contributed by atoms with Crippen LogP contribution >= 0.6 is 0 Å². The molecule has 1 aliphatic rings. The van der Waals surface area contributed by atoms with Gasteiger partial charge in [0.15, 0.2) is 0 Å². The molecule has 0 radical (unpaired) electrons. The van der Waals surface area contributed by atoms with Crippen molar-refractivity contribution in [2.24, 2.45) is 0 Å². The van der Waals surface area contributed by atoms with Crippen molar-refractivity contribution in [2.75, 3.05) is 6.61 Å². The van der Waals surface area contributed by atoms with Crippen LogP contribution in [0.3, 0.4) is 0 Å². The van der Waals surface area contributed by atoms with Gasteiger partial charge < -0.3 is 14.8 Å². The fourth-order valence-electron chi connectivity index (χ4n) is 2.45. The molecule has 1 N–H and O–H groups in total. The molecule has 0 amide bonds. The topological polar surface area (TPSA) is 30.5 Å². The van der Waals surface area contributed by atoms with E-state index in [4.69, 9.17) is 9.47 Å². The Labute approximate surface area is 109 Å². The van der Waals surface area contributed by atoms with Gasteiger partial charge in [0.1, 0.15) is 11.5 Å². The summed E-state index contributed by atoms with van der Waals surface area (Å²) in [5.74, 6) is 1.90. The number of fused-ring (bicyclic) bond motifs is 1. The van der Waals surface area contributed by atoms with Gasteiger partial charge in [0, 0.05) is 24.1 Å². The Morgan fingerprint density at radius 3 is 2.89 bits per heavy atom. The smallest absolute Gasteiger partial charge is 0.124 e. The molecule has 0 saturated heterocycles. The van der Waals surface area contributed by atoms with Gasteiger partial charge in [-0.1, -0.05) is 13.8 Å². The van der Waals surface area contributed by atoms with Gasteiger partial charge in [0.25, 0.3) is 0 Å². The van der Waals surface area contributed by atoms with Crippen molar-refractivity contribution in [3.63, 3.8) is 0 Å². The summed E-state index contributed by atoms with van der Waals surface area (Å²) in [5.41, 5.74) is 1.22. The minimum Gasteiger partial charge on any atom is -0.494 e. The molecular formula is C15H23NO2. The second kappa shape index (κ2) is 5.61. The molecular weight excluding hydrogens is 226 g/mol. The van der Waals surface area contributed by atoms with E-state index in [1.165, 1.54) is 5.56 Å². The molecule has 2 unspecified atom stereocenters. The zero-order valence-electron chi connectivity index (χ0n) is 11.7. The van der Waals surface area contributed by atoms with Crippen LogP contribution in [0.4, 0.5) is 0 Å². The summed E-state index contributed by atoms with van der Waals surface area (Å²) in [6.45, 7) is 9.16. The van der Waals surface area contributed by atoms with Crippen molar-refractivity contribution < 1.29 is 9.47 Å². The summed E-state index contributed by atoms with van der Waals surface area (Å²) < 4.78 is 11.4. The first-order valence-electron chi connectivity index (χ1n) is 6.79. The van der Waals surface area contributed by atoms with Crippen LogP contribution in [0.2, 0.25) is 0 Å². The van der Waals surface area contributed by atoms with Gasteiger partial charge in [-0.05, 0) is 32.0 Å². The summed E-state index contributed by atoms with van der Waals surface area (Å²) in [6.07, 6.45) is 1.26. The quantitative estimate of drug-likeness (QED) is 0.888. The van der Waals surface area contributed by atoms with Crippen LogP contribution in [0.15, 0.2) is 18.2 Å². The lowest BCUT2D eigenvalue weighted by Crippen LogP contribution is -2.35. The van der Waals surface area contributed by atoms with E-state index in [0.717, 1.165) is 17.9 Å². The van der Waals surface area contributed by atoms with Crippen molar-refractivity contribution >= 4 is 0 Å². The van der Waals surface area contributed by atoms with E-state index >= 15 is 0 Å². The van der Waals surface area contributed by atoms with Gasteiger partial charge in [-0.25, -0.2) is 0 Å². The first kappa shape index (κ1) is 13.2. The van der Waals surface area contributed by atoms with Crippen LogP contribution in [0.25, 0.3) is 0 Å². The highest BCUT2D eigenvalue weighted by Gasteiger charge is 2.26. The van der Waals surface area contributed by atoms with Crippen molar-refractivity contribution in [3.8, 4) is 11.5 Å². The molecule has 100 valence electrons. The summed E-state index contributed by atoms with van der Waals surface area (Å²) >= 11 is 0. The fourth-order valence-corrected chi connectivity index (χ4v) is 2.45. The van der Waals surface area contributed by atoms with Crippen molar-refractivity contribution in [1.29, 1.82) is 0 Å². The molecule has 0 bridgehead atoms. The van der Waals surface area contributed by atoms with Crippen LogP contribution in [-0.2, 0) is 0 Å². The van der Waals surface area contributed by atoms with E-state index in [-0.39, 0.29) is 6.10 Å². The first-order chi connectivity index (χ1) is 8.60. The highest BCUT2D eigenvalue weighted by Crippen LogP contribution is 2.37. The van der Waals surface area contributed by atoms with Crippen LogP contribution in [0.5, 0.6) is 11.5 Å². The Kier molecular flexibility index (Phi) is 4.12. The van der Waals surface area contributed by atoms with Gasteiger partial charge in [-0.3, -0.25) is 0 Å². The highest BCUT2D eigenvalue weighted by atomic mass is 16.5. The molecule has 3 heteroatoms. The Morgan fingerprint density at radius 2 is 2.22 bits per heavy atom. The average Bonchev–Trinajstić information content (AvgIpc) is 2.29. The van der Waals surface area contributed by atoms with Gasteiger partial charge in [0.2, 0.25) is 0 Å². The van der Waals surface area contributed by atoms with Gasteiger partial charge >= 0.3 is 0 Å². The van der Waals surface area contributed by atoms with Crippen molar-refractivity contribution in [2.45, 2.75) is 52.3 Å². The van der Waals surface area contributed by atoms with Crippen LogP contribution in [0.1, 0.15) is 45.7 Å². The minimum atomic E-state index is 0.256. The molecule has 1 heterocycles. The lowest BCUT2D eigenvalue weighted by molar-refractivity contribution is 0.163. The molecule has 2 rings (SSSR count). The molecule has 0 spiro atoms. The summed E-state index contributed by atoms with van der Waals surface area (Å²) in [6, 6.07) is 6.91. The molecule has 1 aromatic rings. The summed E-state index contributed by atoms with van der Waals surface area (Å²) in [4.78, 5) is 0. The number of rotatable bonds is 4. The second-order valence-corrected chi connectivity index (χ2v) is 5.17. The van der Waals surface area contributed by atoms with Crippen molar-refractivity contribution in [1.82, 2.24) is 5.32 Å². The molecule has 0 fully saturated rings. The second-order valence-electron chi connectivity index (χ2n) is 5.17. The maximum absolute atomic E-state index is 5.88. The predicted octanol–water partition coefficient (Wildman–Crippen LogP) is 3.30. The van der Waals surface area contributed by atoms with E-state index in [2.05, 4.69) is 32.2 Å². The maximum Gasteiger partial charge on any atom is 0.124 e. The maximum atomic E-state index is 5.88. The molecule has 1 aliphatic heterocycles. The Morgan fingerprint density at radius 1 is 1.44 bits per heavy atom. The average molecular weight is 249 g/mol. The third kappa shape index (κ3) is 2.96. The molecule has 3 nitrogen and oxygen atoms in total. The number of benzene rings is 1. The van der Waals surface area contributed by atoms with Crippen molar-refractivity contribution in [3.05, 3.63) is 23.8 Å². The van der Waals surface area contributed by atoms with Crippen LogP contribution in [0, 0.1) is 0 Å². The largest absolute Gasteiger partial charge is 0.494 e. The van der Waals surface area contributed by atoms with Crippen LogP contribution < -0.4 is 14.8 Å². The van der Waals surface area contributed by atoms with Gasteiger partial charge in [-0.15, -0.1) is 0 Å². The standard InChI is InChI=1S/C15H23NO2/c1-5-17-12-6-7-15-13(9-12)14(16-10(2)3)8-11(4)18-15/h6-7,9-11,14,16H,5,8H2,1-4H3. The normalized spacial score (nSPS) is 22.5. The van der Waals surface area contributed by atoms with Gasteiger partial charge in [-0.2, -0.15) is 0 Å². The Balaban J connectivity index is 2.28. The monoisotopic (exact) mass is 249 g/mol. The minimum absolute atomic E-state index is 0.256. The van der Waals surface area contributed by atoms with E-state index in [9.17, 15) is 0 Å². The zero-order valence-corrected chi connectivity index (χ0v) is 11.7. The lowest BCUT2D eigenvalue weighted by atomic mass is 9.96. The molecule has 0 aliphatic carbocycles. The molecule has 0 saturated carbocycles. The SMILES string of the molecule is CCOc1ccc2c(c1)C(NC(C)C)CC(C)O2. The molecule has 2 atom stereocenters. The summed E-state index contributed by atoms with van der Waals surface area (Å²) in [5, 5.41) is 3.60. The first-order valence-corrected chi connectivity index (χ1v) is 6.79. The zero-order chi connectivity index (χ0) is 13.1. The van der Waals surface area contributed by atoms with E-state index in [1.54, 1.807) is 0 Å². The highest BCUT2D eigenvalue weighted by molar-refractivity contribution is 5.43.